The van der Waals surface area contributed by atoms with E-state index in [4.69, 9.17) is 14.6 Å². The largest absolute Gasteiger partial charge is 0.493 e. The van der Waals surface area contributed by atoms with E-state index in [-0.39, 0.29) is 11.5 Å². The van der Waals surface area contributed by atoms with Crippen LogP contribution < -0.4 is 9.47 Å². The lowest BCUT2D eigenvalue weighted by Crippen LogP contribution is -2.10. The number of carbonyl (C=O) groups excluding carboxylic acids is 1. The van der Waals surface area contributed by atoms with E-state index in [9.17, 15) is 9.59 Å². The van der Waals surface area contributed by atoms with E-state index in [1.807, 2.05) is 30.3 Å². The number of methoxy groups -OCH3 is 1. The van der Waals surface area contributed by atoms with E-state index < -0.39 is 12.6 Å². The molecule has 0 heterocycles. The minimum Gasteiger partial charge on any atom is -0.493 e. The van der Waals surface area contributed by atoms with Crippen LogP contribution in [0.4, 0.5) is 0 Å². The summed E-state index contributed by atoms with van der Waals surface area (Å²) in [7, 11) is 1.43. The summed E-state index contributed by atoms with van der Waals surface area (Å²) in [6.07, 6.45) is 3.20. The molecule has 0 aliphatic heterocycles. The van der Waals surface area contributed by atoms with E-state index >= 15 is 0 Å². The standard InChI is InChI=1S/C18H16O5/c1-22-17-11-14(8-10-16(17)23-12-18(20)21)15(19)9-7-13-5-3-2-4-6-13/h2-11H,12H2,1H3,(H,20,21). The molecule has 2 aromatic rings. The van der Waals surface area contributed by atoms with E-state index in [2.05, 4.69) is 0 Å². The van der Waals surface area contributed by atoms with Crippen molar-refractivity contribution in [1.82, 2.24) is 0 Å². The van der Waals surface area contributed by atoms with Gasteiger partial charge < -0.3 is 14.6 Å². The molecule has 0 saturated carbocycles. The average molecular weight is 312 g/mol. The number of carboxylic acids is 1. The van der Waals surface area contributed by atoms with Crippen LogP contribution in [0.3, 0.4) is 0 Å². The molecule has 5 nitrogen and oxygen atoms in total. The summed E-state index contributed by atoms with van der Waals surface area (Å²) in [6, 6.07) is 14.1. The number of carboxylic acid groups (broad SMARTS) is 1. The highest BCUT2D eigenvalue weighted by Gasteiger charge is 2.10. The predicted octanol–water partition coefficient (Wildman–Crippen LogP) is 3.05. The number of allylic oxidation sites excluding steroid dienone is 1. The topological polar surface area (TPSA) is 72.8 Å². The van der Waals surface area contributed by atoms with Gasteiger partial charge in [0.15, 0.2) is 23.9 Å². The number of hydrogen-bond acceptors (Lipinski definition) is 4. The van der Waals surface area contributed by atoms with Gasteiger partial charge in [0.2, 0.25) is 0 Å². The van der Waals surface area contributed by atoms with Crippen LogP contribution in [0.2, 0.25) is 0 Å². The first-order valence-electron chi connectivity index (χ1n) is 6.90. The molecule has 0 fully saturated rings. The quantitative estimate of drug-likeness (QED) is 0.628. The zero-order valence-corrected chi connectivity index (χ0v) is 12.6. The summed E-state index contributed by atoms with van der Waals surface area (Å²) in [4.78, 5) is 22.7. The molecule has 0 unspecified atom stereocenters. The molecule has 0 aliphatic carbocycles. The van der Waals surface area contributed by atoms with E-state index in [1.165, 1.54) is 25.3 Å². The van der Waals surface area contributed by atoms with Crippen molar-refractivity contribution < 1.29 is 24.2 Å². The van der Waals surface area contributed by atoms with Gasteiger partial charge in [-0.25, -0.2) is 4.79 Å². The second-order valence-corrected chi connectivity index (χ2v) is 4.66. The number of benzene rings is 2. The molecule has 0 aliphatic rings. The first-order valence-corrected chi connectivity index (χ1v) is 6.90. The number of ether oxygens (including phenoxy) is 2. The third kappa shape index (κ3) is 4.71. The third-order valence-electron chi connectivity index (χ3n) is 3.03. The molecule has 23 heavy (non-hydrogen) atoms. The summed E-state index contributed by atoms with van der Waals surface area (Å²) in [5.74, 6) is -0.682. The lowest BCUT2D eigenvalue weighted by molar-refractivity contribution is -0.139. The van der Waals surface area contributed by atoms with E-state index in [0.29, 0.717) is 11.3 Å². The summed E-state index contributed by atoms with van der Waals surface area (Å²) in [5.41, 5.74) is 1.35. The van der Waals surface area contributed by atoms with E-state index in [0.717, 1.165) is 5.56 Å². The van der Waals surface area contributed by atoms with Gasteiger partial charge in [-0.05, 0) is 29.8 Å². The minimum absolute atomic E-state index is 0.183. The van der Waals surface area contributed by atoms with Crippen LogP contribution in [0.1, 0.15) is 15.9 Å². The maximum Gasteiger partial charge on any atom is 0.341 e. The van der Waals surface area contributed by atoms with Crippen molar-refractivity contribution in [3.63, 3.8) is 0 Å². The van der Waals surface area contributed by atoms with Gasteiger partial charge in [0.25, 0.3) is 0 Å². The Morgan fingerprint density at radius 1 is 1.09 bits per heavy atom. The highest BCUT2D eigenvalue weighted by molar-refractivity contribution is 6.07. The summed E-state index contributed by atoms with van der Waals surface area (Å²) >= 11 is 0. The number of rotatable bonds is 7. The molecule has 0 saturated heterocycles. The SMILES string of the molecule is COc1cc(C(=O)C=Cc2ccccc2)ccc1OCC(=O)O. The molecule has 2 aromatic carbocycles. The van der Waals surface area contributed by atoms with Crippen molar-refractivity contribution in [1.29, 1.82) is 0 Å². The fourth-order valence-electron chi connectivity index (χ4n) is 1.91. The normalized spacial score (nSPS) is 10.5. The summed E-state index contributed by atoms with van der Waals surface area (Å²) in [5, 5.41) is 8.63. The van der Waals surface area contributed by atoms with Gasteiger partial charge >= 0.3 is 5.97 Å². The van der Waals surface area contributed by atoms with Crippen molar-refractivity contribution in [2.24, 2.45) is 0 Å². The first-order chi connectivity index (χ1) is 11.1. The van der Waals surface area contributed by atoms with Crippen LogP contribution in [0.15, 0.2) is 54.6 Å². The maximum atomic E-state index is 12.2. The average Bonchev–Trinajstić information content (AvgIpc) is 2.58. The Balaban J connectivity index is 2.14. The molecule has 0 bridgehead atoms. The summed E-state index contributed by atoms with van der Waals surface area (Å²) < 4.78 is 10.2. The molecular weight excluding hydrogens is 296 g/mol. The van der Waals surface area contributed by atoms with Crippen molar-refractivity contribution in [2.45, 2.75) is 0 Å². The molecule has 0 atom stereocenters. The van der Waals surface area contributed by atoms with Crippen molar-refractivity contribution >= 4 is 17.8 Å². The van der Waals surface area contributed by atoms with Gasteiger partial charge in [-0.1, -0.05) is 36.4 Å². The smallest absolute Gasteiger partial charge is 0.341 e. The van der Waals surface area contributed by atoms with Gasteiger partial charge in [-0.15, -0.1) is 0 Å². The Morgan fingerprint density at radius 2 is 1.83 bits per heavy atom. The van der Waals surface area contributed by atoms with Gasteiger partial charge in [-0.2, -0.15) is 0 Å². The number of ketones is 1. The van der Waals surface area contributed by atoms with Crippen molar-refractivity contribution in [3.05, 3.63) is 65.7 Å². The van der Waals surface area contributed by atoms with Gasteiger partial charge in [0, 0.05) is 5.56 Å². The van der Waals surface area contributed by atoms with Crippen LogP contribution >= 0.6 is 0 Å². The zero-order chi connectivity index (χ0) is 16.7. The molecule has 0 radical (unpaired) electrons. The highest BCUT2D eigenvalue weighted by Crippen LogP contribution is 2.28. The lowest BCUT2D eigenvalue weighted by Gasteiger charge is -2.09. The first kappa shape index (κ1) is 16.3. The Labute approximate surface area is 133 Å². The fourth-order valence-corrected chi connectivity index (χ4v) is 1.91. The number of carbonyl (C=O) groups is 2. The Morgan fingerprint density at radius 3 is 2.48 bits per heavy atom. The number of aliphatic carboxylic acids is 1. The maximum absolute atomic E-state index is 12.2. The Bertz CT molecular complexity index is 719. The highest BCUT2D eigenvalue weighted by atomic mass is 16.5. The van der Waals surface area contributed by atoms with Crippen LogP contribution in [-0.4, -0.2) is 30.6 Å². The third-order valence-corrected chi connectivity index (χ3v) is 3.03. The fraction of sp³-hybridized carbons (Fsp3) is 0.111. The summed E-state index contributed by atoms with van der Waals surface area (Å²) in [6.45, 7) is -0.475. The molecule has 1 N–H and O–H groups in total. The molecule has 2 rings (SSSR count). The molecular formula is C18H16O5. The van der Waals surface area contributed by atoms with Crippen LogP contribution in [0.5, 0.6) is 11.5 Å². The molecule has 118 valence electrons. The second-order valence-electron chi connectivity index (χ2n) is 4.66. The van der Waals surface area contributed by atoms with Gasteiger partial charge in [0.05, 0.1) is 7.11 Å². The molecule has 0 spiro atoms. The second kappa shape index (κ2) is 7.79. The predicted molar refractivity (Wildman–Crippen MR) is 85.9 cm³/mol. The monoisotopic (exact) mass is 312 g/mol. The zero-order valence-electron chi connectivity index (χ0n) is 12.6. The molecule has 0 amide bonds. The van der Waals surface area contributed by atoms with Gasteiger partial charge in [-0.3, -0.25) is 4.79 Å². The minimum atomic E-state index is -1.09. The molecule has 0 aromatic heterocycles. The molecule has 5 heteroatoms. The van der Waals surface area contributed by atoms with Gasteiger partial charge in [0.1, 0.15) is 0 Å². The van der Waals surface area contributed by atoms with Crippen molar-refractivity contribution in [2.75, 3.05) is 13.7 Å². The Kier molecular flexibility index (Phi) is 5.52. The van der Waals surface area contributed by atoms with Crippen LogP contribution in [0.25, 0.3) is 6.08 Å². The van der Waals surface area contributed by atoms with Crippen LogP contribution in [0, 0.1) is 0 Å². The lowest BCUT2D eigenvalue weighted by atomic mass is 10.1. The number of hydrogen-bond donors (Lipinski definition) is 1. The van der Waals surface area contributed by atoms with Crippen molar-refractivity contribution in [3.8, 4) is 11.5 Å². The van der Waals surface area contributed by atoms with Crippen LogP contribution in [-0.2, 0) is 4.79 Å². The van der Waals surface area contributed by atoms with E-state index in [1.54, 1.807) is 12.1 Å². The Hall–Kier alpha value is -3.08.